The highest BCUT2D eigenvalue weighted by molar-refractivity contribution is 6.03. The van der Waals surface area contributed by atoms with Crippen molar-refractivity contribution in [2.45, 2.75) is 13.8 Å². The third-order valence-electron chi connectivity index (χ3n) is 3.01. The Hall–Kier alpha value is -3.03. The number of hydrogen-bond acceptors (Lipinski definition) is 6. The first-order valence-electron chi connectivity index (χ1n) is 6.23. The van der Waals surface area contributed by atoms with Crippen molar-refractivity contribution in [1.29, 1.82) is 0 Å². The first-order chi connectivity index (χ1) is 10.1. The second-order valence-electron chi connectivity index (χ2n) is 4.48. The summed E-state index contributed by atoms with van der Waals surface area (Å²) >= 11 is 0. The Kier molecular flexibility index (Phi) is 3.19. The van der Waals surface area contributed by atoms with E-state index in [-0.39, 0.29) is 11.6 Å². The van der Waals surface area contributed by atoms with Crippen LogP contribution in [-0.4, -0.2) is 31.3 Å². The predicted octanol–water partition coefficient (Wildman–Crippen LogP) is 1.52. The molecule has 0 saturated carbocycles. The fourth-order valence-electron chi connectivity index (χ4n) is 1.94. The number of aryl methyl sites for hydroxylation is 1. The average molecular weight is 284 g/mol. The minimum Gasteiger partial charge on any atom is -0.361 e. The van der Waals surface area contributed by atoms with Crippen molar-refractivity contribution >= 4 is 11.6 Å². The van der Waals surface area contributed by atoms with Gasteiger partial charge in [0.1, 0.15) is 12.1 Å². The van der Waals surface area contributed by atoms with Crippen LogP contribution in [0.2, 0.25) is 0 Å². The average Bonchev–Trinajstić information content (AvgIpc) is 3.12. The molecule has 1 N–H and O–H groups in total. The van der Waals surface area contributed by atoms with Gasteiger partial charge in [0.15, 0.2) is 5.69 Å². The third-order valence-corrected chi connectivity index (χ3v) is 3.01. The molecule has 2 aromatic heterocycles. The van der Waals surface area contributed by atoms with E-state index in [0.29, 0.717) is 11.4 Å². The van der Waals surface area contributed by atoms with Gasteiger partial charge in [-0.25, -0.2) is 4.68 Å². The summed E-state index contributed by atoms with van der Waals surface area (Å²) in [5.74, 6) is 0.253. The summed E-state index contributed by atoms with van der Waals surface area (Å²) in [6.07, 6.45) is 1.49. The van der Waals surface area contributed by atoms with Crippen molar-refractivity contribution in [2.75, 3.05) is 5.32 Å². The first-order valence-corrected chi connectivity index (χ1v) is 6.23. The number of hydrogen-bond donors (Lipinski definition) is 1. The van der Waals surface area contributed by atoms with Crippen LogP contribution >= 0.6 is 0 Å². The molecule has 3 rings (SSSR count). The molecular formula is C13H12N6O2. The summed E-state index contributed by atoms with van der Waals surface area (Å²) in [5, 5.41) is 17.5. The SMILES string of the molecule is Cc1cc(C(=O)Nc2cccc(-n3cnnn3)c2C)no1. The normalized spacial score (nSPS) is 10.6. The monoisotopic (exact) mass is 284 g/mol. The van der Waals surface area contributed by atoms with E-state index in [9.17, 15) is 4.79 Å². The number of benzene rings is 1. The molecule has 1 amide bonds. The molecule has 0 saturated heterocycles. The number of aromatic nitrogens is 5. The van der Waals surface area contributed by atoms with E-state index in [0.717, 1.165) is 11.3 Å². The molecule has 0 aliphatic carbocycles. The fraction of sp³-hybridized carbons (Fsp3) is 0.154. The maximum atomic E-state index is 12.1. The molecule has 0 bridgehead atoms. The largest absolute Gasteiger partial charge is 0.361 e. The maximum absolute atomic E-state index is 12.1. The number of carbonyl (C=O) groups is 1. The Balaban J connectivity index is 1.90. The summed E-state index contributed by atoms with van der Waals surface area (Å²) in [6.45, 7) is 3.61. The Labute approximate surface area is 119 Å². The van der Waals surface area contributed by atoms with Crippen molar-refractivity contribution in [3.8, 4) is 5.69 Å². The van der Waals surface area contributed by atoms with E-state index in [1.807, 2.05) is 19.1 Å². The highest BCUT2D eigenvalue weighted by atomic mass is 16.5. The van der Waals surface area contributed by atoms with Gasteiger partial charge in [-0.2, -0.15) is 0 Å². The molecular weight excluding hydrogens is 272 g/mol. The molecule has 0 spiro atoms. The zero-order valence-corrected chi connectivity index (χ0v) is 11.4. The van der Waals surface area contributed by atoms with Gasteiger partial charge >= 0.3 is 0 Å². The summed E-state index contributed by atoms with van der Waals surface area (Å²) in [7, 11) is 0. The van der Waals surface area contributed by atoms with Crippen molar-refractivity contribution in [3.63, 3.8) is 0 Å². The Bertz CT molecular complexity index is 778. The van der Waals surface area contributed by atoms with Crippen LogP contribution in [0.4, 0.5) is 5.69 Å². The minimum atomic E-state index is -0.330. The topological polar surface area (TPSA) is 98.7 Å². The van der Waals surface area contributed by atoms with E-state index in [2.05, 4.69) is 26.0 Å². The number of tetrazole rings is 1. The summed E-state index contributed by atoms with van der Waals surface area (Å²) in [6, 6.07) is 7.05. The highest BCUT2D eigenvalue weighted by Gasteiger charge is 2.14. The van der Waals surface area contributed by atoms with Crippen LogP contribution in [0.15, 0.2) is 35.1 Å². The van der Waals surface area contributed by atoms with Crippen molar-refractivity contribution in [1.82, 2.24) is 25.4 Å². The van der Waals surface area contributed by atoms with Crippen LogP contribution < -0.4 is 5.32 Å². The van der Waals surface area contributed by atoms with Crippen LogP contribution in [0.1, 0.15) is 21.8 Å². The number of carbonyl (C=O) groups excluding carboxylic acids is 1. The van der Waals surface area contributed by atoms with E-state index in [4.69, 9.17) is 4.52 Å². The molecule has 106 valence electrons. The summed E-state index contributed by atoms with van der Waals surface area (Å²) < 4.78 is 6.43. The number of nitrogens with zero attached hydrogens (tertiary/aromatic N) is 5. The van der Waals surface area contributed by atoms with Crippen LogP contribution in [-0.2, 0) is 0 Å². The molecule has 2 heterocycles. The molecule has 0 fully saturated rings. The number of rotatable bonds is 3. The molecule has 1 aromatic carbocycles. The molecule has 3 aromatic rings. The predicted molar refractivity (Wildman–Crippen MR) is 73.1 cm³/mol. The van der Waals surface area contributed by atoms with E-state index in [1.54, 1.807) is 19.1 Å². The maximum Gasteiger partial charge on any atom is 0.277 e. The minimum absolute atomic E-state index is 0.236. The van der Waals surface area contributed by atoms with Crippen LogP contribution in [0.5, 0.6) is 0 Å². The third kappa shape index (κ3) is 2.50. The standard InChI is InChI=1S/C13H12N6O2/c1-8-6-11(16-21-8)13(20)15-10-4-3-5-12(9(10)2)19-7-14-17-18-19/h3-7H,1-2H3,(H,15,20). The second-order valence-corrected chi connectivity index (χ2v) is 4.48. The lowest BCUT2D eigenvalue weighted by Gasteiger charge is -2.10. The molecule has 0 aliphatic rings. The Morgan fingerprint density at radius 1 is 1.33 bits per heavy atom. The molecule has 0 atom stereocenters. The van der Waals surface area contributed by atoms with Gasteiger partial charge in [0.25, 0.3) is 5.91 Å². The van der Waals surface area contributed by atoms with Crippen LogP contribution in [0.3, 0.4) is 0 Å². The number of nitrogens with one attached hydrogen (secondary N) is 1. The smallest absolute Gasteiger partial charge is 0.277 e. The van der Waals surface area contributed by atoms with Gasteiger partial charge in [-0.05, 0) is 42.0 Å². The van der Waals surface area contributed by atoms with E-state index < -0.39 is 0 Å². The van der Waals surface area contributed by atoms with Crippen molar-refractivity contribution in [2.24, 2.45) is 0 Å². The van der Waals surface area contributed by atoms with Crippen LogP contribution in [0.25, 0.3) is 5.69 Å². The lowest BCUT2D eigenvalue weighted by atomic mass is 10.1. The number of anilines is 1. The van der Waals surface area contributed by atoms with E-state index in [1.165, 1.54) is 11.0 Å². The number of amides is 1. The first kappa shape index (κ1) is 13.0. The van der Waals surface area contributed by atoms with Gasteiger partial charge in [-0.3, -0.25) is 4.79 Å². The lowest BCUT2D eigenvalue weighted by Crippen LogP contribution is -2.14. The fourth-order valence-corrected chi connectivity index (χ4v) is 1.94. The Morgan fingerprint density at radius 2 is 2.19 bits per heavy atom. The molecule has 21 heavy (non-hydrogen) atoms. The lowest BCUT2D eigenvalue weighted by molar-refractivity contribution is 0.101. The molecule has 8 heteroatoms. The zero-order valence-electron chi connectivity index (χ0n) is 11.4. The van der Waals surface area contributed by atoms with Gasteiger partial charge in [-0.15, -0.1) is 5.10 Å². The van der Waals surface area contributed by atoms with Gasteiger partial charge in [-0.1, -0.05) is 11.2 Å². The second kappa shape index (κ2) is 5.16. The summed E-state index contributed by atoms with van der Waals surface area (Å²) in [4.78, 5) is 12.1. The Morgan fingerprint density at radius 3 is 2.86 bits per heavy atom. The van der Waals surface area contributed by atoms with E-state index >= 15 is 0 Å². The van der Waals surface area contributed by atoms with Gasteiger partial charge in [0.05, 0.1) is 5.69 Å². The van der Waals surface area contributed by atoms with Crippen molar-refractivity contribution in [3.05, 3.63) is 47.6 Å². The van der Waals surface area contributed by atoms with Crippen molar-refractivity contribution < 1.29 is 9.32 Å². The quantitative estimate of drug-likeness (QED) is 0.782. The molecule has 8 nitrogen and oxygen atoms in total. The highest BCUT2D eigenvalue weighted by Crippen LogP contribution is 2.22. The van der Waals surface area contributed by atoms with Crippen LogP contribution in [0, 0.1) is 13.8 Å². The molecule has 0 aliphatic heterocycles. The summed E-state index contributed by atoms with van der Waals surface area (Å²) in [5.41, 5.74) is 2.53. The van der Waals surface area contributed by atoms with Gasteiger partial charge < -0.3 is 9.84 Å². The van der Waals surface area contributed by atoms with Gasteiger partial charge in [0, 0.05) is 11.8 Å². The molecule has 0 radical (unpaired) electrons. The van der Waals surface area contributed by atoms with Gasteiger partial charge in [0.2, 0.25) is 0 Å². The zero-order chi connectivity index (χ0) is 14.8. The molecule has 0 unspecified atom stereocenters.